The van der Waals surface area contributed by atoms with E-state index in [-0.39, 0.29) is 6.04 Å². The van der Waals surface area contributed by atoms with E-state index in [0.29, 0.717) is 5.92 Å². The SMILES string of the molecule is CCCCc1ccc(C(N)C2CCCCC2)cc1. The van der Waals surface area contributed by atoms with Crippen LogP contribution in [0, 0.1) is 5.92 Å². The number of aryl methyl sites for hydroxylation is 1. The van der Waals surface area contributed by atoms with Crippen molar-refractivity contribution in [2.24, 2.45) is 11.7 Å². The summed E-state index contributed by atoms with van der Waals surface area (Å²) in [7, 11) is 0. The van der Waals surface area contributed by atoms with Crippen LogP contribution in [0.3, 0.4) is 0 Å². The van der Waals surface area contributed by atoms with Gasteiger partial charge in [-0.25, -0.2) is 0 Å². The number of unbranched alkanes of at least 4 members (excludes halogenated alkanes) is 1. The van der Waals surface area contributed by atoms with Gasteiger partial charge in [0.15, 0.2) is 0 Å². The fraction of sp³-hybridized carbons (Fsp3) is 0.647. The van der Waals surface area contributed by atoms with Gasteiger partial charge in [-0.1, -0.05) is 56.9 Å². The zero-order valence-corrected chi connectivity index (χ0v) is 11.7. The van der Waals surface area contributed by atoms with Crippen molar-refractivity contribution < 1.29 is 0 Å². The lowest BCUT2D eigenvalue weighted by Crippen LogP contribution is -2.23. The molecule has 1 atom stereocenters. The summed E-state index contributed by atoms with van der Waals surface area (Å²) in [6, 6.07) is 9.31. The van der Waals surface area contributed by atoms with E-state index in [1.165, 1.54) is 62.5 Å². The van der Waals surface area contributed by atoms with E-state index in [1.807, 2.05) is 0 Å². The molecule has 1 aromatic rings. The summed E-state index contributed by atoms with van der Waals surface area (Å²) in [5.74, 6) is 0.709. The minimum atomic E-state index is 0.255. The lowest BCUT2D eigenvalue weighted by Gasteiger charge is -2.27. The molecule has 0 radical (unpaired) electrons. The molecule has 1 saturated carbocycles. The van der Waals surface area contributed by atoms with Gasteiger partial charge in [0.05, 0.1) is 0 Å². The van der Waals surface area contributed by atoms with Gasteiger partial charge in [-0.05, 0) is 42.7 Å². The highest BCUT2D eigenvalue weighted by Crippen LogP contribution is 2.32. The van der Waals surface area contributed by atoms with E-state index < -0.39 is 0 Å². The second-order valence-corrected chi connectivity index (χ2v) is 5.77. The summed E-state index contributed by atoms with van der Waals surface area (Å²) in [5, 5.41) is 0. The highest BCUT2D eigenvalue weighted by molar-refractivity contribution is 5.25. The first-order valence-electron chi connectivity index (χ1n) is 7.65. The molecule has 2 rings (SSSR count). The normalized spacial score (nSPS) is 18.8. The predicted molar refractivity (Wildman–Crippen MR) is 78.6 cm³/mol. The van der Waals surface area contributed by atoms with Crippen molar-refractivity contribution in [1.82, 2.24) is 0 Å². The first-order chi connectivity index (χ1) is 8.81. The maximum atomic E-state index is 6.42. The van der Waals surface area contributed by atoms with Crippen LogP contribution in [-0.4, -0.2) is 0 Å². The average Bonchev–Trinajstić information content (AvgIpc) is 2.46. The lowest BCUT2D eigenvalue weighted by atomic mass is 9.81. The average molecular weight is 245 g/mol. The van der Waals surface area contributed by atoms with Crippen LogP contribution in [0.5, 0.6) is 0 Å². The molecule has 0 aromatic heterocycles. The second-order valence-electron chi connectivity index (χ2n) is 5.77. The van der Waals surface area contributed by atoms with Crippen LogP contribution in [0.2, 0.25) is 0 Å². The van der Waals surface area contributed by atoms with Crippen molar-refractivity contribution in [1.29, 1.82) is 0 Å². The third-order valence-corrected chi connectivity index (χ3v) is 4.34. The molecule has 100 valence electrons. The highest BCUT2D eigenvalue weighted by Gasteiger charge is 2.21. The fourth-order valence-electron chi connectivity index (χ4n) is 3.05. The molecule has 0 saturated heterocycles. The molecule has 1 heteroatoms. The Bertz CT molecular complexity index is 335. The Kier molecular flexibility index (Phi) is 5.25. The molecule has 0 heterocycles. The van der Waals surface area contributed by atoms with Gasteiger partial charge in [0.2, 0.25) is 0 Å². The number of hydrogen-bond donors (Lipinski definition) is 1. The Morgan fingerprint density at radius 2 is 1.78 bits per heavy atom. The van der Waals surface area contributed by atoms with E-state index in [2.05, 4.69) is 31.2 Å². The minimum Gasteiger partial charge on any atom is -0.324 e. The maximum absolute atomic E-state index is 6.42. The van der Waals surface area contributed by atoms with E-state index in [4.69, 9.17) is 5.73 Å². The van der Waals surface area contributed by atoms with Crippen molar-refractivity contribution in [2.45, 2.75) is 64.3 Å². The van der Waals surface area contributed by atoms with Crippen molar-refractivity contribution >= 4 is 0 Å². The highest BCUT2D eigenvalue weighted by atomic mass is 14.7. The topological polar surface area (TPSA) is 26.0 Å². The first-order valence-corrected chi connectivity index (χ1v) is 7.65. The van der Waals surface area contributed by atoms with Crippen molar-refractivity contribution in [3.8, 4) is 0 Å². The molecular formula is C17H27N. The third-order valence-electron chi connectivity index (χ3n) is 4.34. The molecule has 1 aliphatic rings. The quantitative estimate of drug-likeness (QED) is 0.805. The van der Waals surface area contributed by atoms with Gasteiger partial charge < -0.3 is 5.73 Å². The summed E-state index contributed by atoms with van der Waals surface area (Å²) in [4.78, 5) is 0. The summed E-state index contributed by atoms with van der Waals surface area (Å²) in [5.41, 5.74) is 9.21. The predicted octanol–water partition coefficient (Wildman–Crippen LogP) is 4.61. The zero-order chi connectivity index (χ0) is 12.8. The monoisotopic (exact) mass is 245 g/mol. The zero-order valence-electron chi connectivity index (χ0n) is 11.7. The van der Waals surface area contributed by atoms with E-state index in [1.54, 1.807) is 0 Å². The molecule has 0 spiro atoms. The van der Waals surface area contributed by atoms with Crippen LogP contribution in [0.25, 0.3) is 0 Å². The van der Waals surface area contributed by atoms with Crippen molar-refractivity contribution in [3.63, 3.8) is 0 Å². The smallest absolute Gasteiger partial charge is 0.0323 e. The van der Waals surface area contributed by atoms with Gasteiger partial charge >= 0.3 is 0 Å². The molecule has 1 nitrogen and oxygen atoms in total. The van der Waals surface area contributed by atoms with Gasteiger partial charge in [-0.2, -0.15) is 0 Å². The van der Waals surface area contributed by atoms with Gasteiger partial charge in [-0.3, -0.25) is 0 Å². The molecule has 0 bridgehead atoms. The molecule has 1 aromatic carbocycles. The van der Waals surface area contributed by atoms with E-state index in [0.717, 1.165) is 0 Å². The lowest BCUT2D eigenvalue weighted by molar-refractivity contribution is 0.308. The molecule has 0 amide bonds. The fourth-order valence-corrected chi connectivity index (χ4v) is 3.05. The van der Waals surface area contributed by atoms with Crippen molar-refractivity contribution in [2.75, 3.05) is 0 Å². The standard InChI is InChI=1S/C17H27N/c1-2-3-7-14-10-12-16(13-11-14)17(18)15-8-5-4-6-9-15/h10-13,15,17H,2-9,18H2,1H3. The Balaban J connectivity index is 1.95. The molecule has 2 N–H and O–H groups in total. The number of rotatable bonds is 5. The molecule has 1 aliphatic carbocycles. The van der Waals surface area contributed by atoms with E-state index >= 15 is 0 Å². The number of hydrogen-bond acceptors (Lipinski definition) is 1. The Morgan fingerprint density at radius 1 is 1.11 bits per heavy atom. The van der Waals surface area contributed by atoms with Gasteiger partial charge in [0, 0.05) is 6.04 Å². The van der Waals surface area contributed by atoms with Crippen molar-refractivity contribution in [3.05, 3.63) is 35.4 Å². The first kappa shape index (κ1) is 13.6. The number of benzene rings is 1. The van der Waals surface area contributed by atoms with Gasteiger partial charge in [0.25, 0.3) is 0 Å². The summed E-state index contributed by atoms with van der Waals surface area (Å²) < 4.78 is 0. The van der Waals surface area contributed by atoms with E-state index in [9.17, 15) is 0 Å². The molecule has 0 aliphatic heterocycles. The maximum Gasteiger partial charge on any atom is 0.0323 e. The third kappa shape index (κ3) is 3.58. The van der Waals surface area contributed by atoms with Gasteiger partial charge in [0.1, 0.15) is 0 Å². The summed E-state index contributed by atoms with van der Waals surface area (Å²) >= 11 is 0. The second kappa shape index (κ2) is 6.94. The number of nitrogens with two attached hydrogens (primary N) is 1. The molecular weight excluding hydrogens is 218 g/mol. The van der Waals surface area contributed by atoms with Crippen LogP contribution >= 0.6 is 0 Å². The van der Waals surface area contributed by atoms with Crippen LogP contribution in [0.15, 0.2) is 24.3 Å². The summed E-state index contributed by atoms with van der Waals surface area (Å²) in [6.45, 7) is 2.24. The molecule has 18 heavy (non-hydrogen) atoms. The van der Waals surface area contributed by atoms with Crippen LogP contribution in [0.1, 0.15) is 69.0 Å². The Labute approximate surface area is 112 Å². The van der Waals surface area contributed by atoms with Crippen LogP contribution in [0.4, 0.5) is 0 Å². The summed E-state index contributed by atoms with van der Waals surface area (Å²) in [6.07, 6.45) is 10.5. The van der Waals surface area contributed by atoms with Crippen LogP contribution in [-0.2, 0) is 6.42 Å². The van der Waals surface area contributed by atoms with Crippen LogP contribution < -0.4 is 5.73 Å². The largest absolute Gasteiger partial charge is 0.324 e. The Hall–Kier alpha value is -0.820. The molecule has 1 fully saturated rings. The Morgan fingerprint density at radius 3 is 2.39 bits per heavy atom. The van der Waals surface area contributed by atoms with Gasteiger partial charge in [-0.15, -0.1) is 0 Å². The molecule has 1 unspecified atom stereocenters. The minimum absolute atomic E-state index is 0.255.